The molecule has 0 unspecified atom stereocenters. The number of fused-ring (bicyclic) bond motifs is 1. The van der Waals surface area contributed by atoms with Crippen LogP contribution in [0.3, 0.4) is 0 Å². The lowest BCUT2D eigenvalue weighted by atomic mass is 10.0. The number of carbonyl (C=O) groups excluding carboxylic acids is 2. The van der Waals surface area contributed by atoms with E-state index in [1.807, 2.05) is 19.9 Å². The van der Waals surface area contributed by atoms with Gasteiger partial charge in [0.15, 0.2) is 0 Å². The second kappa shape index (κ2) is 8.10. The molecule has 0 bridgehead atoms. The monoisotopic (exact) mass is 374 g/mol. The summed E-state index contributed by atoms with van der Waals surface area (Å²) < 4.78 is 5.59. The van der Waals surface area contributed by atoms with Crippen LogP contribution in [0, 0.1) is 19.8 Å². The lowest BCUT2D eigenvalue weighted by molar-refractivity contribution is -0.125. The van der Waals surface area contributed by atoms with Gasteiger partial charge in [-0.1, -0.05) is 6.07 Å². The topological polar surface area (TPSA) is 112 Å². The minimum absolute atomic E-state index is 0.126. The van der Waals surface area contributed by atoms with Crippen LogP contribution in [0.15, 0.2) is 22.8 Å². The van der Waals surface area contributed by atoms with E-state index >= 15 is 0 Å². The Morgan fingerprint density at radius 3 is 2.78 bits per heavy atom. The fraction of sp³-hybridized carbons (Fsp3) is 0.500. The van der Waals surface area contributed by atoms with E-state index in [0.29, 0.717) is 12.8 Å². The highest BCUT2D eigenvalue weighted by atomic mass is 16.3. The smallest absolute Gasteiger partial charge is 0.224 e. The molecule has 1 heterocycles. The molecule has 1 aliphatic carbocycles. The van der Waals surface area contributed by atoms with E-state index < -0.39 is 12.1 Å². The Hall–Kier alpha value is -2.38. The summed E-state index contributed by atoms with van der Waals surface area (Å²) in [4.78, 5) is 24.5. The molecule has 7 nitrogen and oxygen atoms in total. The molecule has 2 aromatic rings. The number of nitrogens with one attached hydrogen (secondary N) is 2. The van der Waals surface area contributed by atoms with Crippen molar-refractivity contribution in [2.45, 2.75) is 45.3 Å². The molecule has 0 saturated heterocycles. The van der Waals surface area contributed by atoms with Crippen LogP contribution in [-0.4, -0.2) is 47.3 Å². The van der Waals surface area contributed by atoms with Crippen LogP contribution in [0.25, 0.3) is 11.0 Å². The third-order valence-electron chi connectivity index (χ3n) is 5.10. The van der Waals surface area contributed by atoms with Gasteiger partial charge in [-0.15, -0.1) is 0 Å². The molecule has 1 saturated carbocycles. The second-order valence-corrected chi connectivity index (χ2v) is 7.32. The number of rotatable bonds is 6. The molecule has 7 heteroatoms. The van der Waals surface area contributed by atoms with Gasteiger partial charge >= 0.3 is 0 Å². The van der Waals surface area contributed by atoms with E-state index in [-0.39, 0.29) is 37.3 Å². The second-order valence-electron chi connectivity index (χ2n) is 7.32. The molecule has 4 N–H and O–H groups in total. The Morgan fingerprint density at radius 2 is 2.04 bits per heavy atom. The lowest BCUT2D eigenvalue weighted by Crippen LogP contribution is -2.40. The van der Waals surface area contributed by atoms with Crippen molar-refractivity contribution in [3.8, 4) is 0 Å². The number of amides is 2. The molecule has 0 spiro atoms. The van der Waals surface area contributed by atoms with Crippen LogP contribution < -0.4 is 10.6 Å². The zero-order valence-corrected chi connectivity index (χ0v) is 15.6. The van der Waals surface area contributed by atoms with Gasteiger partial charge in [0.2, 0.25) is 11.8 Å². The molecule has 0 aliphatic heterocycles. The maximum atomic E-state index is 12.5. The first kappa shape index (κ1) is 19.4. The highest BCUT2D eigenvalue weighted by Gasteiger charge is 2.37. The molecule has 27 heavy (non-hydrogen) atoms. The zero-order valence-electron chi connectivity index (χ0n) is 15.6. The van der Waals surface area contributed by atoms with E-state index in [4.69, 9.17) is 9.52 Å². The average Bonchev–Trinajstić information content (AvgIpc) is 3.16. The summed E-state index contributed by atoms with van der Waals surface area (Å²) in [6.07, 6.45) is 1.68. The summed E-state index contributed by atoms with van der Waals surface area (Å²) >= 11 is 0. The van der Waals surface area contributed by atoms with Gasteiger partial charge in [0.05, 0.1) is 31.4 Å². The average molecular weight is 374 g/mol. The van der Waals surface area contributed by atoms with Crippen molar-refractivity contribution in [3.63, 3.8) is 0 Å². The van der Waals surface area contributed by atoms with Crippen molar-refractivity contribution < 1.29 is 24.2 Å². The molecule has 146 valence electrons. The Bertz CT molecular complexity index is 844. The van der Waals surface area contributed by atoms with Crippen LogP contribution in [0.5, 0.6) is 0 Å². The predicted octanol–water partition coefficient (Wildman–Crippen LogP) is 0.956. The quantitative estimate of drug-likeness (QED) is 0.602. The van der Waals surface area contributed by atoms with E-state index in [1.54, 1.807) is 6.26 Å². The van der Waals surface area contributed by atoms with Gasteiger partial charge in [-0.2, -0.15) is 0 Å². The molecular weight excluding hydrogens is 348 g/mol. The molecule has 0 radical (unpaired) electrons. The molecular formula is C20H26N2O5. The lowest BCUT2D eigenvalue weighted by Gasteiger charge is -2.16. The summed E-state index contributed by atoms with van der Waals surface area (Å²) in [6.45, 7) is 4.05. The number of hydrogen-bond donors (Lipinski definition) is 4. The number of carbonyl (C=O) groups is 2. The molecule has 2 amide bonds. The third kappa shape index (κ3) is 4.31. The number of aliphatic hydroxyl groups excluding tert-OH is 2. The summed E-state index contributed by atoms with van der Waals surface area (Å²) in [5.41, 5.74) is 3.73. The first-order valence-electron chi connectivity index (χ1n) is 9.22. The number of benzene rings is 1. The molecule has 1 aromatic carbocycles. The number of aliphatic hydroxyl groups is 2. The largest absolute Gasteiger partial charge is 0.464 e. The van der Waals surface area contributed by atoms with Gasteiger partial charge in [-0.05, 0) is 43.9 Å². The fourth-order valence-electron chi connectivity index (χ4n) is 3.90. The minimum atomic E-state index is -0.760. The van der Waals surface area contributed by atoms with Crippen LogP contribution in [0.2, 0.25) is 0 Å². The SMILES string of the molecule is Cc1cc(C)c2c(CC(=O)N[C@@H]3C[C@H](C(=O)NCCO)C[C@H]3O)coc2c1. The maximum absolute atomic E-state index is 12.5. The molecule has 1 aliphatic rings. The highest BCUT2D eigenvalue weighted by Crippen LogP contribution is 2.28. The van der Waals surface area contributed by atoms with Crippen molar-refractivity contribution in [2.24, 2.45) is 5.92 Å². The number of furan rings is 1. The van der Waals surface area contributed by atoms with Gasteiger partial charge in [0, 0.05) is 23.4 Å². The molecule has 1 aromatic heterocycles. The van der Waals surface area contributed by atoms with E-state index in [9.17, 15) is 14.7 Å². The third-order valence-corrected chi connectivity index (χ3v) is 5.10. The molecule has 3 rings (SSSR count). The van der Waals surface area contributed by atoms with Gasteiger partial charge in [-0.25, -0.2) is 0 Å². The standard InChI is InChI=1S/C20H26N2O5/c1-11-5-12(2)19-14(10-27-17(19)6-11)9-18(25)22-15-7-13(8-16(15)24)20(26)21-3-4-23/h5-6,10,13,15-16,23-24H,3-4,7-9H2,1-2H3,(H,21,26)(H,22,25)/t13-,15+,16+/m0/s1. The first-order chi connectivity index (χ1) is 12.9. The van der Waals surface area contributed by atoms with Crippen molar-refractivity contribution in [3.05, 3.63) is 35.1 Å². The molecule has 3 atom stereocenters. The van der Waals surface area contributed by atoms with Crippen molar-refractivity contribution in [2.75, 3.05) is 13.2 Å². The zero-order chi connectivity index (χ0) is 19.6. The minimum Gasteiger partial charge on any atom is -0.464 e. The van der Waals surface area contributed by atoms with Crippen molar-refractivity contribution in [1.82, 2.24) is 10.6 Å². The predicted molar refractivity (Wildman–Crippen MR) is 100 cm³/mol. The normalized spacial score (nSPS) is 22.1. The summed E-state index contributed by atoms with van der Waals surface area (Å²) in [6, 6.07) is 3.54. The van der Waals surface area contributed by atoms with Crippen molar-refractivity contribution >= 4 is 22.8 Å². The summed E-state index contributed by atoms with van der Waals surface area (Å²) in [5, 5.41) is 25.4. The Labute approximate surface area is 157 Å². The number of aryl methyl sites for hydroxylation is 2. The maximum Gasteiger partial charge on any atom is 0.224 e. The highest BCUT2D eigenvalue weighted by molar-refractivity contribution is 5.90. The van der Waals surface area contributed by atoms with Gasteiger partial charge < -0.3 is 25.3 Å². The van der Waals surface area contributed by atoms with Crippen LogP contribution >= 0.6 is 0 Å². The van der Waals surface area contributed by atoms with Crippen LogP contribution in [0.1, 0.15) is 29.5 Å². The summed E-state index contributed by atoms with van der Waals surface area (Å²) in [7, 11) is 0. The van der Waals surface area contributed by atoms with Crippen LogP contribution in [0.4, 0.5) is 0 Å². The van der Waals surface area contributed by atoms with Gasteiger partial charge in [-0.3, -0.25) is 9.59 Å². The van der Waals surface area contributed by atoms with E-state index in [1.165, 1.54) is 0 Å². The Balaban J connectivity index is 1.62. The molecule has 1 fully saturated rings. The van der Waals surface area contributed by atoms with Crippen molar-refractivity contribution in [1.29, 1.82) is 0 Å². The summed E-state index contributed by atoms with van der Waals surface area (Å²) in [5.74, 6) is -0.776. The first-order valence-corrected chi connectivity index (χ1v) is 9.22. The number of hydrogen-bond acceptors (Lipinski definition) is 5. The fourth-order valence-corrected chi connectivity index (χ4v) is 3.90. The van der Waals surface area contributed by atoms with Gasteiger partial charge in [0.25, 0.3) is 0 Å². The van der Waals surface area contributed by atoms with E-state index in [0.717, 1.165) is 27.7 Å². The van der Waals surface area contributed by atoms with Gasteiger partial charge in [0.1, 0.15) is 5.58 Å². The Morgan fingerprint density at radius 1 is 1.26 bits per heavy atom. The Kier molecular flexibility index (Phi) is 5.82. The van der Waals surface area contributed by atoms with E-state index in [2.05, 4.69) is 16.7 Å². The van der Waals surface area contributed by atoms with Crippen LogP contribution in [-0.2, 0) is 16.0 Å².